The smallest absolute Gasteiger partial charge is 0.338 e. The number of nitrogens with one attached hydrogen (secondary N) is 3. The monoisotopic (exact) mass is 365 g/mol. The standard InChI is InChI=1S/C17H24N4O5/c1-5-25-16(23)14-11(9-21(4)10-13(22)20(2)3)18-17(24)19-15(14)12-7-6-8-26-12/h6-8,15H,5,9-10H2,1-4H3,(H2,18,19,24)/p+1/t15-/m0/s1. The van der Waals surface area contributed by atoms with E-state index in [0.29, 0.717) is 11.5 Å². The van der Waals surface area contributed by atoms with Crippen LogP contribution in [0.25, 0.3) is 0 Å². The first kappa shape index (κ1) is 19.5. The lowest BCUT2D eigenvalue weighted by Gasteiger charge is -2.28. The minimum absolute atomic E-state index is 0.0522. The molecule has 0 saturated heterocycles. The second-order valence-electron chi connectivity index (χ2n) is 6.26. The number of carbonyl (C=O) groups excluding carboxylic acids is 3. The molecule has 0 radical (unpaired) electrons. The second kappa shape index (κ2) is 8.52. The van der Waals surface area contributed by atoms with Crippen LogP contribution in [0.3, 0.4) is 0 Å². The van der Waals surface area contributed by atoms with Crippen LogP contribution in [0.15, 0.2) is 34.1 Å². The summed E-state index contributed by atoms with van der Waals surface area (Å²) in [5.41, 5.74) is 0.690. The van der Waals surface area contributed by atoms with E-state index in [2.05, 4.69) is 10.6 Å². The molecule has 0 aromatic carbocycles. The summed E-state index contributed by atoms with van der Waals surface area (Å²) in [7, 11) is 5.17. The molecule has 1 aromatic heterocycles. The molecule has 0 spiro atoms. The Morgan fingerprint density at radius 2 is 2.12 bits per heavy atom. The summed E-state index contributed by atoms with van der Waals surface area (Å²) in [6, 6.07) is 2.17. The van der Waals surface area contributed by atoms with Crippen molar-refractivity contribution in [2.45, 2.75) is 13.0 Å². The van der Waals surface area contributed by atoms with Crippen molar-refractivity contribution in [1.29, 1.82) is 0 Å². The molecule has 1 unspecified atom stereocenters. The van der Waals surface area contributed by atoms with E-state index in [0.717, 1.165) is 4.90 Å². The highest BCUT2D eigenvalue weighted by Crippen LogP contribution is 2.27. The van der Waals surface area contributed by atoms with E-state index in [-0.39, 0.29) is 31.2 Å². The number of furan rings is 1. The fourth-order valence-corrected chi connectivity index (χ4v) is 2.66. The van der Waals surface area contributed by atoms with Gasteiger partial charge in [0.2, 0.25) is 0 Å². The summed E-state index contributed by atoms with van der Waals surface area (Å²) < 4.78 is 10.5. The SMILES string of the molecule is CCOC(=O)C1=C(C[NH+](C)CC(=O)N(C)C)NC(=O)N[C@H]1c1ccco1. The first-order chi connectivity index (χ1) is 12.3. The number of urea groups is 1. The molecule has 2 rings (SSSR count). The van der Waals surface area contributed by atoms with E-state index < -0.39 is 18.0 Å². The van der Waals surface area contributed by atoms with Gasteiger partial charge in [-0.3, -0.25) is 4.79 Å². The Balaban J connectivity index is 2.34. The third-order valence-corrected chi connectivity index (χ3v) is 3.91. The molecule has 1 aliphatic heterocycles. The van der Waals surface area contributed by atoms with Gasteiger partial charge in [-0.2, -0.15) is 0 Å². The second-order valence-corrected chi connectivity index (χ2v) is 6.26. The van der Waals surface area contributed by atoms with Gasteiger partial charge < -0.3 is 29.6 Å². The maximum absolute atomic E-state index is 12.5. The van der Waals surface area contributed by atoms with E-state index in [1.54, 1.807) is 33.2 Å². The van der Waals surface area contributed by atoms with Crippen molar-refractivity contribution in [3.63, 3.8) is 0 Å². The molecular formula is C17H25N4O5+. The summed E-state index contributed by atoms with van der Waals surface area (Å²) in [6.45, 7) is 2.41. The van der Waals surface area contributed by atoms with Crippen LogP contribution in [0.5, 0.6) is 0 Å². The average molecular weight is 365 g/mol. The van der Waals surface area contributed by atoms with Crippen LogP contribution in [-0.4, -0.2) is 63.6 Å². The Labute approximate surface area is 151 Å². The lowest BCUT2D eigenvalue weighted by molar-refractivity contribution is -0.866. The van der Waals surface area contributed by atoms with Crippen LogP contribution in [0.1, 0.15) is 18.7 Å². The first-order valence-corrected chi connectivity index (χ1v) is 8.36. The molecule has 1 aromatic rings. The normalized spacial score (nSPS) is 18.0. The summed E-state index contributed by atoms with van der Waals surface area (Å²) in [5, 5.41) is 5.36. The molecule has 2 heterocycles. The number of ether oxygens (including phenoxy) is 1. The van der Waals surface area contributed by atoms with Gasteiger partial charge in [0.15, 0.2) is 6.54 Å². The van der Waals surface area contributed by atoms with E-state index >= 15 is 0 Å². The molecule has 9 nitrogen and oxygen atoms in total. The fraction of sp³-hybridized carbons (Fsp3) is 0.471. The zero-order valence-corrected chi connectivity index (χ0v) is 15.4. The molecular weight excluding hydrogens is 340 g/mol. The number of hydrogen-bond donors (Lipinski definition) is 3. The third kappa shape index (κ3) is 4.63. The number of quaternary nitrogens is 1. The van der Waals surface area contributed by atoms with Crippen molar-refractivity contribution in [1.82, 2.24) is 15.5 Å². The largest absolute Gasteiger partial charge is 0.467 e. The predicted molar refractivity (Wildman–Crippen MR) is 92.1 cm³/mol. The molecule has 26 heavy (non-hydrogen) atoms. The van der Waals surface area contributed by atoms with Crippen molar-refractivity contribution in [2.75, 3.05) is 40.8 Å². The highest BCUT2D eigenvalue weighted by Gasteiger charge is 2.36. The van der Waals surface area contributed by atoms with Gasteiger partial charge in [-0.25, -0.2) is 9.59 Å². The average Bonchev–Trinajstić information content (AvgIpc) is 3.08. The summed E-state index contributed by atoms with van der Waals surface area (Å²) in [6.07, 6.45) is 1.47. The molecule has 0 bridgehead atoms. The molecule has 0 saturated carbocycles. The van der Waals surface area contributed by atoms with Crippen LogP contribution in [0, 0.1) is 0 Å². The Morgan fingerprint density at radius 1 is 1.38 bits per heavy atom. The van der Waals surface area contributed by atoms with Crippen molar-refractivity contribution in [3.05, 3.63) is 35.4 Å². The Bertz CT molecular complexity index is 696. The molecule has 3 amide bonds. The Hall–Kier alpha value is -2.81. The van der Waals surface area contributed by atoms with Gasteiger partial charge in [-0.05, 0) is 19.1 Å². The van der Waals surface area contributed by atoms with Crippen molar-refractivity contribution in [2.24, 2.45) is 0 Å². The third-order valence-electron chi connectivity index (χ3n) is 3.91. The molecule has 0 aliphatic carbocycles. The number of rotatable bonds is 7. The van der Waals surface area contributed by atoms with Gasteiger partial charge in [0.1, 0.15) is 18.3 Å². The minimum atomic E-state index is -0.745. The van der Waals surface area contributed by atoms with E-state index in [9.17, 15) is 14.4 Å². The van der Waals surface area contributed by atoms with Gasteiger partial charge in [-0.1, -0.05) is 0 Å². The summed E-state index contributed by atoms with van der Waals surface area (Å²) in [5.74, 6) is -0.158. The molecule has 9 heteroatoms. The van der Waals surface area contributed by atoms with E-state index in [1.165, 1.54) is 11.2 Å². The van der Waals surface area contributed by atoms with Crippen LogP contribution >= 0.6 is 0 Å². The number of nitrogens with zero attached hydrogens (tertiary/aromatic N) is 1. The number of amides is 3. The highest BCUT2D eigenvalue weighted by atomic mass is 16.5. The lowest BCUT2D eigenvalue weighted by Crippen LogP contribution is -3.10. The lowest BCUT2D eigenvalue weighted by atomic mass is 10.00. The molecule has 3 N–H and O–H groups in total. The number of esters is 1. The molecule has 0 fully saturated rings. The van der Waals surface area contributed by atoms with E-state index in [1.807, 2.05) is 7.05 Å². The van der Waals surface area contributed by atoms with Crippen molar-refractivity contribution >= 4 is 17.9 Å². The number of carbonyl (C=O) groups is 3. The summed E-state index contributed by atoms with van der Waals surface area (Å²) in [4.78, 5) is 38.8. The number of likely N-dealkylation sites (N-methyl/N-ethyl adjacent to an activating group) is 2. The van der Waals surface area contributed by atoms with Crippen LogP contribution in [-0.2, 0) is 14.3 Å². The zero-order valence-electron chi connectivity index (χ0n) is 15.4. The van der Waals surface area contributed by atoms with Gasteiger partial charge in [0.25, 0.3) is 5.91 Å². The van der Waals surface area contributed by atoms with Gasteiger partial charge >= 0.3 is 12.0 Å². The van der Waals surface area contributed by atoms with Crippen LogP contribution in [0.2, 0.25) is 0 Å². The quantitative estimate of drug-likeness (QED) is 0.541. The van der Waals surface area contributed by atoms with Crippen molar-refractivity contribution < 1.29 is 28.4 Å². The maximum atomic E-state index is 12.5. The first-order valence-electron chi connectivity index (χ1n) is 8.36. The topological polar surface area (TPSA) is 105 Å². The molecule has 1 aliphatic rings. The predicted octanol–water partition coefficient (Wildman–Crippen LogP) is -0.946. The van der Waals surface area contributed by atoms with Crippen molar-refractivity contribution in [3.8, 4) is 0 Å². The van der Waals surface area contributed by atoms with Gasteiger partial charge in [0, 0.05) is 14.1 Å². The fourth-order valence-electron chi connectivity index (χ4n) is 2.66. The van der Waals surface area contributed by atoms with Gasteiger partial charge in [-0.15, -0.1) is 0 Å². The number of hydrogen-bond acceptors (Lipinski definition) is 5. The summed E-state index contributed by atoms with van der Waals surface area (Å²) >= 11 is 0. The van der Waals surface area contributed by atoms with E-state index in [4.69, 9.17) is 9.15 Å². The molecule has 142 valence electrons. The highest BCUT2D eigenvalue weighted by molar-refractivity contribution is 5.95. The van der Waals surface area contributed by atoms with Crippen LogP contribution in [0.4, 0.5) is 4.79 Å². The minimum Gasteiger partial charge on any atom is -0.467 e. The maximum Gasteiger partial charge on any atom is 0.338 e. The zero-order chi connectivity index (χ0) is 19.3. The van der Waals surface area contributed by atoms with Crippen LogP contribution < -0.4 is 15.5 Å². The van der Waals surface area contributed by atoms with Gasteiger partial charge in [0.05, 0.1) is 31.2 Å². The Kier molecular flexibility index (Phi) is 6.40. The molecule has 2 atom stereocenters. The Morgan fingerprint density at radius 3 is 2.69 bits per heavy atom.